The number of ether oxygens (including phenoxy) is 1. The van der Waals surface area contributed by atoms with Crippen molar-refractivity contribution in [1.82, 2.24) is 5.32 Å². The third kappa shape index (κ3) is 6.28. The lowest BCUT2D eigenvalue weighted by atomic mass is 10.1. The van der Waals surface area contributed by atoms with E-state index >= 15 is 0 Å². The molecule has 0 saturated heterocycles. The maximum absolute atomic E-state index is 12.4. The molecule has 3 rings (SSSR count). The second-order valence-corrected chi connectivity index (χ2v) is 7.68. The summed E-state index contributed by atoms with van der Waals surface area (Å²) in [6.07, 6.45) is -0.130. The molecule has 166 valence electrons. The lowest BCUT2D eigenvalue weighted by Crippen LogP contribution is -2.25. The number of hydrogen-bond acceptors (Lipinski definition) is 5. The van der Waals surface area contributed by atoms with Gasteiger partial charge in [0.25, 0.3) is 5.91 Å². The van der Waals surface area contributed by atoms with Gasteiger partial charge < -0.3 is 20.7 Å². The second-order valence-electron chi connectivity index (χ2n) is 7.20. The van der Waals surface area contributed by atoms with Gasteiger partial charge in [-0.1, -0.05) is 43.3 Å². The van der Waals surface area contributed by atoms with Crippen molar-refractivity contribution in [3.8, 4) is 0 Å². The lowest BCUT2D eigenvalue weighted by molar-refractivity contribution is 0.0946. The maximum atomic E-state index is 12.4. The highest BCUT2D eigenvalue weighted by molar-refractivity contribution is 7.80. The molecule has 0 aliphatic carbocycles. The zero-order chi connectivity index (χ0) is 22.9. The topological polar surface area (TPSA) is 79.5 Å². The van der Waals surface area contributed by atoms with Crippen molar-refractivity contribution in [3.63, 3.8) is 0 Å². The van der Waals surface area contributed by atoms with E-state index in [9.17, 15) is 9.59 Å². The Hall–Kier alpha value is -3.45. The molecule has 0 heterocycles. The molecule has 0 fully saturated rings. The fourth-order valence-electron chi connectivity index (χ4n) is 3.14. The van der Waals surface area contributed by atoms with Gasteiger partial charge in [0, 0.05) is 29.7 Å². The molecule has 0 aliphatic heterocycles. The molecule has 0 radical (unpaired) electrons. The van der Waals surface area contributed by atoms with Crippen LogP contribution in [0.3, 0.4) is 0 Å². The van der Waals surface area contributed by atoms with Crippen molar-refractivity contribution in [2.24, 2.45) is 0 Å². The number of alkyl carbamates (subject to hydrolysis) is 1. The van der Waals surface area contributed by atoms with Gasteiger partial charge in [-0.3, -0.25) is 4.79 Å². The Labute approximate surface area is 193 Å². The summed E-state index contributed by atoms with van der Waals surface area (Å²) in [5.41, 5.74) is 3.98. The summed E-state index contributed by atoms with van der Waals surface area (Å²) in [7, 11) is 1.86. The third-order valence-electron chi connectivity index (χ3n) is 5.00. The summed E-state index contributed by atoms with van der Waals surface area (Å²) in [6, 6.07) is 22.1. The van der Waals surface area contributed by atoms with Crippen molar-refractivity contribution in [2.45, 2.75) is 30.9 Å². The monoisotopic (exact) mass is 449 g/mol. The third-order valence-corrected chi connectivity index (χ3v) is 5.39. The summed E-state index contributed by atoms with van der Waals surface area (Å²) >= 11 is 4.34. The van der Waals surface area contributed by atoms with E-state index in [-0.39, 0.29) is 12.0 Å². The molecule has 0 aliphatic rings. The summed E-state index contributed by atoms with van der Waals surface area (Å²) < 4.78 is 5.58. The van der Waals surface area contributed by atoms with Crippen LogP contribution in [-0.4, -0.2) is 19.0 Å². The first-order valence-corrected chi connectivity index (χ1v) is 10.9. The number of amides is 2. The zero-order valence-corrected chi connectivity index (χ0v) is 19.0. The molecule has 3 aromatic carbocycles. The Kier molecular flexibility index (Phi) is 8.16. The SMILES string of the molecule is CC[C@@H](OC(=O)NCc1ccc(C(=O)Nc2ccccc2S)cc1)c1ccc(NC)cc1. The number of hydrogen-bond donors (Lipinski definition) is 4. The predicted octanol–water partition coefficient (Wildman–Crippen LogP) is 5.65. The number of benzene rings is 3. The molecule has 0 saturated carbocycles. The fraction of sp³-hybridized carbons (Fsp3) is 0.200. The Morgan fingerprint density at radius 3 is 2.28 bits per heavy atom. The van der Waals surface area contributed by atoms with Gasteiger partial charge in [0.2, 0.25) is 0 Å². The maximum Gasteiger partial charge on any atom is 0.408 e. The van der Waals surface area contributed by atoms with Gasteiger partial charge in [0.05, 0.1) is 5.69 Å². The Bertz CT molecular complexity index is 1050. The van der Waals surface area contributed by atoms with Crippen molar-refractivity contribution in [2.75, 3.05) is 17.7 Å². The van der Waals surface area contributed by atoms with Crippen molar-refractivity contribution in [1.29, 1.82) is 0 Å². The summed E-state index contributed by atoms with van der Waals surface area (Å²) in [4.78, 5) is 25.4. The molecule has 0 aromatic heterocycles. The molecular weight excluding hydrogens is 422 g/mol. The molecule has 2 amide bonds. The quantitative estimate of drug-likeness (QED) is 0.335. The highest BCUT2D eigenvalue weighted by atomic mass is 32.1. The van der Waals surface area contributed by atoms with Crippen LogP contribution in [0.25, 0.3) is 0 Å². The van der Waals surface area contributed by atoms with Gasteiger partial charge in [-0.15, -0.1) is 12.6 Å². The first-order valence-electron chi connectivity index (χ1n) is 10.4. The van der Waals surface area contributed by atoms with Crippen LogP contribution in [0.4, 0.5) is 16.2 Å². The molecular formula is C25H27N3O3S. The zero-order valence-electron chi connectivity index (χ0n) is 18.1. The van der Waals surface area contributed by atoms with Crippen LogP contribution in [0.5, 0.6) is 0 Å². The first kappa shape index (κ1) is 23.2. The largest absolute Gasteiger partial charge is 0.441 e. The van der Waals surface area contributed by atoms with Crippen LogP contribution >= 0.6 is 12.6 Å². The summed E-state index contributed by atoms with van der Waals surface area (Å²) in [5.74, 6) is -0.222. The number of rotatable bonds is 8. The van der Waals surface area contributed by atoms with E-state index in [4.69, 9.17) is 4.74 Å². The molecule has 0 spiro atoms. The van der Waals surface area contributed by atoms with Gasteiger partial charge in [0.15, 0.2) is 0 Å². The van der Waals surface area contributed by atoms with Crippen molar-refractivity contribution in [3.05, 3.63) is 89.5 Å². The van der Waals surface area contributed by atoms with Crippen LogP contribution < -0.4 is 16.0 Å². The van der Waals surface area contributed by atoms with Gasteiger partial charge in [-0.2, -0.15) is 0 Å². The van der Waals surface area contributed by atoms with Crippen molar-refractivity contribution >= 4 is 36.0 Å². The number of thiol groups is 1. The van der Waals surface area contributed by atoms with E-state index in [0.717, 1.165) is 16.8 Å². The summed E-state index contributed by atoms with van der Waals surface area (Å²) in [5, 5.41) is 8.67. The van der Waals surface area contributed by atoms with E-state index in [1.807, 2.05) is 56.4 Å². The van der Waals surface area contributed by atoms with Gasteiger partial charge in [-0.05, 0) is 53.9 Å². The van der Waals surface area contributed by atoms with E-state index in [2.05, 4.69) is 28.6 Å². The normalized spacial score (nSPS) is 11.3. The minimum atomic E-state index is -0.484. The Balaban J connectivity index is 1.52. The van der Waals surface area contributed by atoms with Crippen LogP contribution in [0.15, 0.2) is 77.7 Å². The van der Waals surface area contributed by atoms with Gasteiger partial charge in [0.1, 0.15) is 6.10 Å². The Morgan fingerprint density at radius 1 is 0.969 bits per heavy atom. The van der Waals surface area contributed by atoms with Crippen LogP contribution in [0.2, 0.25) is 0 Å². The number of carbonyl (C=O) groups is 2. The number of anilines is 2. The second kappa shape index (κ2) is 11.2. The van der Waals surface area contributed by atoms with E-state index in [1.54, 1.807) is 30.3 Å². The van der Waals surface area contributed by atoms with Crippen molar-refractivity contribution < 1.29 is 14.3 Å². The molecule has 3 N–H and O–H groups in total. The number of para-hydroxylation sites is 1. The Morgan fingerprint density at radius 2 is 1.66 bits per heavy atom. The predicted molar refractivity (Wildman–Crippen MR) is 130 cm³/mol. The standard InChI is InChI=1S/C25H27N3O3S/c1-3-22(18-12-14-20(26-2)15-13-18)31-25(30)27-16-17-8-10-19(11-9-17)24(29)28-21-6-4-5-7-23(21)32/h4-15,22,26,32H,3,16H2,1-2H3,(H,27,30)(H,28,29)/t22-/m1/s1. The average Bonchev–Trinajstić information content (AvgIpc) is 2.83. The highest BCUT2D eigenvalue weighted by Gasteiger charge is 2.15. The van der Waals surface area contributed by atoms with E-state index in [0.29, 0.717) is 29.1 Å². The molecule has 32 heavy (non-hydrogen) atoms. The highest BCUT2D eigenvalue weighted by Crippen LogP contribution is 2.23. The van der Waals surface area contributed by atoms with Gasteiger partial charge in [-0.25, -0.2) is 4.79 Å². The van der Waals surface area contributed by atoms with Gasteiger partial charge >= 0.3 is 6.09 Å². The van der Waals surface area contributed by atoms with E-state index in [1.165, 1.54) is 0 Å². The van der Waals surface area contributed by atoms with E-state index < -0.39 is 6.09 Å². The molecule has 6 nitrogen and oxygen atoms in total. The average molecular weight is 450 g/mol. The lowest BCUT2D eigenvalue weighted by Gasteiger charge is -2.17. The molecule has 7 heteroatoms. The van der Waals surface area contributed by atoms with Crippen LogP contribution in [-0.2, 0) is 11.3 Å². The molecule has 0 unspecified atom stereocenters. The number of nitrogens with one attached hydrogen (secondary N) is 3. The molecule has 1 atom stereocenters. The van der Waals surface area contributed by atoms with Crippen LogP contribution in [0, 0.1) is 0 Å². The minimum absolute atomic E-state index is 0.222. The first-order chi connectivity index (χ1) is 15.5. The minimum Gasteiger partial charge on any atom is -0.441 e. The molecule has 0 bridgehead atoms. The molecule has 3 aromatic rings. The smallest absolute Gasteiger partial charge is 0.408 e. The summed E-state index contributed by atoms with van der Waals surface area (Å²) in [6.45, 7) is 2.27. The fourth-order valence-corrected chi connectivity index (χ4v) is 3.36. The van der Waals surface area contributed by atoms with Crippen LogP contribution in [0.1, 0.15) is 40.9 Å². The number of carbonyl (C=O) groups excluding carboxylic acids is 2.